The second kappa shape index (κ2) is 12.2. The summed E-state index contributed by atoms with van der Waals surface area (Å²) in [6.45, 7) is 6.41. The van der Waals surface area contributed by atoms with Gasteiger partial charge >= 0.3 is 5.97 Å². The van der Waals surface area contributed by atoms with E-state index in [0.717, 1.165) is 41.5 Å². The minimum absolute atomic E-state index is 0.00696. The van der Waals surface area contributed by atoms with E-state index >= 15 is 0 Å². The third kappa shape index (κ3) is 5.92. The van der Waals surface area contributed by atoms with Crippen LogP contribution in [0.5, 0.6) is 23.0 Å². The molecular weight excluding hydrogens is 480 g/mol. The van der Waals surface area contributed by atoms with E-state index in [-0.39, 0.29) is 18.2 Å². The summed E-state index contributed by atoms with van der Waals surface area (Å²) >= 11 is 0. The number of hydrogen-bond acceptors (Lipinski definition) is 7. The van der Waals surface area contributed by atoms with Gasteiger partial charge in [-0.15, -0.1) is 0 Å². The van der Waals surface area contributed by atoms with Gasteiger partial charge in [0.05, 0.1) is 12.5 Å². The minimum atomic E-state index is -0.551. The molecule has 196 valence electrons. The molecule has 7 nitrogen and oxygen atoms in total. The fourth-order valence-electron chi connectivity index (χ4n) is 4.38. The van der Waals surface area contributed by atoms with Gasteiger partial charge in [0.15, 0.2) is 6.61 Å². The van der Waals surface area contributed by atoms with E-state index in [2.05, 4.69) is 13.0 Å². The van der Waals surface area contributed by atoms with Crippen LogP contribution in [0.2, 0.25) is 0 Å². The molecule has 0 aliphatic carbocycles. The second-order valence-corrected chi connectivity index (χ2v) is 9.18. The molecule has 3 aromatic carbocycles. The molecule has 38 heavy (non-hydrogen) atoms. The van der Waals surface area contributed by atoms with Gasteiger partial charge in [-0.05, 0) is 49.6 Å². The summed E-state index contributed by atoms with van der Waals surface area (Å²) in [5.74, 6) is 1.00. The first-order chi connectivity index (χ1) is 18.4. The van der Waals surface area contributed by atoms with Crippen molar-refractivity contribution in [2.75, 3.05) is 13.2 Å². The fourth-order valence-corrected chi connectivity index (χ4v) is 4.38. The van der Waals surface area contributed by atoms with E-state index in [4.69, 9.17) is 24.7 Å². The summed E-state index contributed by atoms with van der Waals surface area (Å²) in [4.78, 5) is 12.5. The summed E-state index contributed by atoms with van der Waals surface area (Å²) in [6.07, 6.45) is 3.12. The van der Waals surface area contributed by atoms with Gasteiger partial charge in [0, 0.05) is 17.2 Å². The highest BCUT2D eigenvalue weighted by Crippen LogP contribution is 2.45. The summed E-state index contributed by atoms with van der Waals surface area (Å²) in [7, 11) is 0. The van der Waals surface area contributed by atoms with Crippen molar-refractivity contribution in [2.24, 2.45) is 5.73 Å². The number of para-hydroxylation sites is 1. The molecule has 0 amide bonds. The highest BCUT2D eigenvalue weighted by Gasteiger charge is 2.33. The highest BCUT2D eigenvalue weighted by molar-refractivity contribution is 5.74. The number of benzene rings is 3. The van der Waals surface area contributed by atoms with Crippen molar-refractivity contribution in [1.29, 1.82) is 5.26 Å². The number of unbranched alkanes of at least 4 members (excludes halogenated alkanes) is 2. The van der Waals surface area contributed by atoms with Crippen molar-refractivity contribution < 1.29 is 23.7 Å². The number of nitriles is 1. The SMILES string of the molecule is CCCCCOc1ccccc1C1C(C#N)=C(N)Oc2cc(OC(=O)COc3cccc(C)c3C)ccc21. The van der Waals surface area contributed by atoms with E-state index < -0.39 is 11.9 Å². The molecule has 0 spiro atoms. The summed E-state index contributed by atoms with van der Waals surface area (Å²) in [6, 6.07) is 20.6. The molecule has 1 heterocycles. The van der Waals surface area contributed by atoms with Gasteiger partial charge < -0.3 is 24.7 Å². The van der Waals surface area contributed by atoms with Crippen molar-refractivity contribution in [3.63, 3.8) is 0 Å². The van der Waals surface area contributed by atoms with Crippen molar-refractivity contribution >= 4 is 5.97 Å². The lowest BCUT2D eigenvalue weighted by molar-refractivity contribution is -0.136. The Hall–Kier alpha value is -4.44. The zero-order valence-corrected chi connectivity index (χ0v) is 22.0. The Bertz CT molecular complexity index is 1390. The number of nitrogens with two attached hydrogens (primary N) is 1. The van der Waals surface area contributed by atoms with Gasteiger partial charge in [-0.25, -0.2) is 4.79 Å². The number of aryl methyl sites for hydroxylation is 1. The standard InChI is InChI=1S/C31H32N2O5/c1-4-5-8-16-35-27-12-7-6-11-23(27)30-24-15-14-22(17-28(24)38-31(33)25(30)18-32)37-29(34)19-36-26-13-9-10-20(2)21(26)3/h6-7,9-15,17,30H,4-5,8,16,19,33H2,1-3H3. The third-order valence-corrected chi connectivity index (χ3v) is 6.56. The van der Waals surface area contributed by atoms with E-state index in [1.165, 1.54) is 0 Å². The van der Waals surface area contributed by atoms with Crippen LogP contribution < -0.4 is 24.7 Å². The van der Waals surface area contributed by atoms with E-state index in [9.17, 15) is 10.1 Å². The van der Waals surface area contributed by atoms with E-state index in [1.54, 1.807) is 18.2 Å². The Balaban J connectivity index is 1.55. The van der Waals surface area contributed by atoms with Crippen LogP contribution in [-0.4, -0.2) is 19.2 Å². The maximum atomic E-state index is 12.5. The lowest BCUT2D eigenvalue weighted by Crippen LogP contribution is -2.22. The van der Waals surface area contributed by atoms with E-state index in [1.807, 2.05) is 56.3 Å². The van der Waals surface area contributed by atoms with Crippen molar-refractivity contribution in [1.82, 2.24) is 0 Å². The first kappa shape index (κ1) is 26.6. The van der Waals surface area contributed by atoms with Gasteiger partial charge in [-0.2, -0.15) is 5.26 Å². The topological polar surface area (TPSA) is 104 Å². The third-order valence-electron chi connectivity index (χ3n) is 6.56. The molecule has 0 saturated carbocycles. The van der Waals surface area contributed by atoms with Crippen LogP contribution in [0.1, 0.15) is 54.4 Å². The van der Waals surface area contributed by atoms with Crippen LogP contribution in [0.15, 0.2) is 72.1 Å². The highest BCUT2D eigenvalue weighted by atomic mass is 16.6. The summed E-state index contributed by atoms with van der Waals surface area (Å²) in [5.41, 5.74) is 10.1. The second-order valence-electron chi connectivity index (χ2n) is 9.18. The Morgan fingerprint density at radius 2 is 1.79 bits per heavy atom. The van der Waals surface area contributed by atoms with E-state index in [0.29, 0.717) is 29.4 Å². The quantitative estimate of drug-likeness (QED) is 0.200. The number of nitrogens with zero attached hydrogens (tertiary/aromatic N) is 1. The maximum Gasteiger partial charge on any atom is 0.349 e. The van der Waals surface area contributed by atoms with Crippen molar-refractivity contribution in [3.8, 4) is 29.1 Å². The van der Waals surface area contributed by atoms with Crippen LogP contribution in [0.4, 0.5) is 0 Å². The molecule has 1 atom stereocenters. The van der Waals surface area contributed by atoms with Crippen molar-refractivity contribution in [2.45, 2.75) is 46.0 Å². The van der Waals surface area contributed by atoms with Crippen LogP contribution >= 0.6 is 0 Å². The number of carbonyl (C=O) groups is 1. The Morgan fingerprint density at radius 1 is 1.00 bits per heavy atom. The predicted octanol–water partition coefficient (Wildman–Crippen LogP) is 6.08. The molecule has 1 aliphatic rings. The predicted molar refractivity (Wildman–Crippen MR) is 144 cm³/mol. The largest absolute Gasteiger partial charge is 0.493 e. The zero-order valence-electron chi connectivity index (χ0n) is 22.0. The number of carbonyl (C=O) groups excluding carboxylic acids is 1. The van der Waals surface area contributed by atoms with Crippen LogP contribution in [0, 0.1) is 25.2 Å². The normalized spacial score (nSPS) is 14.2. The molecule has 3 aromatic rings. The monoisotopic (exact) mass is 512 g/mol. The van der Waals surface area contributed by atoms with Crippen LogP contribution in [0.25, 0.3) is 0 Å². The number of ether oxygens (including phenoxy) is 4. The molecular formula is C31H32N2O5. The summed E-state index contributed by atoms with van der Waals surface area (Å²) in [5, 5.41) is 9.93. The molecule has 2 N–H and O–H groups in total. The fraction of sp³-hybridized carbons (Fsp3) is 0.290. The average Bonchev–Trinajstić information content (AvgIpc) is 2.91. The molecule has 0 saturated heterocycles. The molecule has 0 bridgehead atoms. The number of allylic oxidation sites excluding steroid dienone is 1. The molecule has 7 heteroatoms. The van der Waals surface area contributed by atoms with Gasteiger partial charge in [-0.3, -0.25) is 0 Å². The Labute approximate surface area is 223 Å². The van der Waals surface area contributed by atoms with Gasteiger partial charge in [-0.1, -0.05) is 56.2 Å². The average molecular weight is 513 g/mol. The molecule has 0 aromatic heterocycles. The molecule has 4 rings (SSSR count). The number of fused-ring (bicyclic) bond motifs is 1. The van der Waals surface area contributed by atoms with Gasteiger partial charge in [0.25, 0.3) is 0 Å². The first-order valence-electron chi connectivity index (χ1n) is 12.8. The van der Waals surface area contributed by atoms with Gasteiger partial charge in [0.2, 0.25) is 5.88 Å². The number of hydrogen-bond donors (Lipinski definition) is 1. The van der Waals surface area contributed by atoms with Gasteiger partial charge in [0.1, 0.15) is 34.6 Å². The number of esters is 1. The van der Waals surface area contributed by atoms with Crippen molar-refractivity contribution in [3.05, 3.63) is 94.4 Å². The van der Waals surface area contributed by atoms with Crippen LogP contribution in [-0.2, 0) is 4.79 Å². The first-order valence-corrected chi connectivity index (χ1v) is 12.8. The molecule has 1 unspecified atom stereocenters. The summed E-state index contributed by atoms with van der Waals surface area (Å²) < 4.78 is 23.1. The molecule has 1 aliphatic heterocycles. The lowest BCUT2D eigenvalue weighted by Gasteiger charge is -2.28. The van der Waals surface area contributed by atoms with Crippen LogP contribution in [0.3, 0.4) is 0 Å². The lowest BCUT2D eigenvalue weighted by atomic mass is 9.83. The minimum Gasteiger partial charge on any atom is -0.493 e. The zero-order chi connectivity index (χ0) is 27.1. The maximum absolute atomic E-state index is 12.5. The Morgan fingerprint density at radius 3 is 2.58 bits per heavy atom. The molecule has 0 fully saturated rings. The molecule has 0 radical (unpaired) electrons. The smallest absolute Gasteiger partial charge is 0.349 e. The Kier molecular flexibility index (Phi) is 8.55. The number of rotatable bonds is 10.